The van der Waals surface area contributed by atoms with Gasteiger partial charge < -0.3 is 28.6 Å². The van der Waals surface area contributed by atoms with Crippen molar-refractivity contribution in [2.24, 2.45) is 0 Å². The molecule has 27 heavy (non-hydrogen) atoms. The number of hydrogen-bond acceptors (Lipinski definition) is 7. The van der Waals surface area contributed by atoms with Crippen LogP contribution < -0.4 is 0 Å². The minimum atomic E-state index is -0.748. The zero-order chi connectivity index (χ0) is 19.0. The van der Waals surface area contributed by atoms with Crippen LogP contribution in [0.2, 0.25) is 0 Å². The van der Waals surface area contributed by atoms with E-state index in [1.165, 1.54) is 5.06 Å². The molecule has 1 aromatic carbocycles. The van der Waals surface area contributed by atoms with Crippen LogP contribution in [0.1, 0.15) is 31.2 Å². The Morgan fingerprint density at radius 2 is 1.85 bits per heavy atom. The molecule has 0 amide bonds. The van der Waals surface area contributed by atoms with E-state index in [0.29, 0.717) is 12.3 Å². The Balaban J connectivity index is 1.63. The third-order valence-corrected chi connectivity index (χ3v) is 4.93. The summed E-state index contributed by atoms with van der Waals surface area (Å²) in [5.41, 5.74) is 0.971. The van der Waals surface area contributed by atoms with Gasteiger partial charge in [-0.05, 0) is 31.5 Å². The molecule has 0 saturated carbocycles. The maximum absolute atomic E-state index is 11.0. The predicted octanol–water partition coefficient (Wildman–Crippen LogP) is 3.10. The highest BCUT2D eigenvalue weighted by molar-refractivity contribution is 5.16. The molecule has 1 N–H and O–H groups in total. The average Bonchev–Trinajstić information content (AvgIpc) is 3.33. The van der Waals surface area contributed by atoms with Gasteiger partial charge in [-0.15, -0.1) is 0 Å². The monoisotopic (exact) mass is 375 g/mol. The van der Waals surface area contributed by atoms with Crippen molar-refractivity contribution in [3.63, 3.8) is 0 Å². The van der Waals surface area contributed by atoms with Crippen LogP contribution in [0.5, 0.6) is 0 Å². The highest BCUT2D eigenvalue weighted by Crippen LogP contribution is 2.44. The van der Waals surface area contributed by atoms with Gasteiger partial charge in [-0.2, -0.15) is 5.06 Å². The van der Waals surface area contributed by atoms with E-state index in [4.69, 9.17) is 23.4 Å². The lowest BCUT2D eigenvalue weighted by Crippen LogP contribution is -2.41. The van der Waals surface area contributed by atoms with E-state index in [1.807, 2.05) is 50.2 Å². The first-order valence-corrected chi connectivity index (χ1v) is 9.05. The number of hydroxylamine groups is 2. The molecule has 2 aromatic rings. The summed E-state index contributed by atoms with van der Waals surface area (Å²) in [5.74, 6) is -0.163. The summed E-state index contributed by atoms with van der Waals surface area (Å²) in [6.45, 7) is 4.03. The molecule has 0 bridgehead atoms. The Labute approximate surface area is 158 Å². The van der Waals surface area contributed by atoms with Gasteiger partial charge in [0.25, 0.3) is 0 Å². The zero-order valence-electron chi connectivity index (χ0n) is 15.6. The largest absolute Gasteiger partial charge is 0.467 e. The highest BCUT2D eigenvalue weighted by Gasteiger charge is 2.58. The first kappa shape index (κ1) is 18.6. The lowest BCUT2D eigenvalue weighted by Gasteiger charge is -2.32. The minimum Gasteiger partial charge on any atom is -0.467 e. The van der Waals surface area contributed by atoms with E-state index in [1.54, 1.807) is 19.4 Å². The molecule has 2 fully saturated rings. The number of hydrogen-bond donors (Lipinski definition) is 1. The molecule has 0 aliphatic carbocycles. The highest BCUT2D eigenvalue weighted by atomic mass is 16.8. The summed E-state index contributed by atoms with van der Waals surface area (Å²) in [7, 11) is 1.57. The van der Waals surface area contributed by atoms with Crippen molar-refractivity contribution in [2.75, 3.05) is 7.11 Å². The van der Waals surface area contributed by atoms with Crippen LogP contribution >= 0.6 is 0 Å². The second-order valence-corrected chi connectivity index (χ2v) is 7.31. The van der Waals surface area contributed by atoms with Crippen LogP contribution in [0.25, 0.3) is 0 Å². The van der Waals surface area contributed by atoms with Crippen LogP contribution in [-0.2, 0) is 25.5 Å². The fourth-order valence-corrected chi connectivity index (χ4v) is 3.84. The predicted molar refractivity (Wildman–Crippen MR) is 94.7 cm³/mol. The molecule has 2 aliphatic rings. The van der Waals surface area contributed by atoms with Crippen LogP contribution in [0, 0.1) is 0 Å². The molecule has 0 spiro atoms. The second-order valence-electron chi connectivity index (χ2n) is 7.31. The fourth-order valence-electron chi connectivity index (χ4n) is 3.84. The van der Waals surface area contributed by atoms with Gasteiger partial charge in [0, 0.05) is 13.7 Å². The van der Waals surface area contributed by atoms with Crippen molar-refractivity contribution in [2.45, 2.75) is 56.8 Å². The SMILES string of the molecule is CO[C@H]1O[C@H]([C@@H](c2ccco2)N(O)Cc2ccccc2)[C@@H]2OC(C)(C)O[C@H]12. The van der Waals surface area contributed by atoms with Crippen molar-refractivity contribution < 1.29 is 28.6 Å². The molecule has 1 aromatic heterocycles. The summed E-state index contributed by atoms with van der Waals surface area (Å²) in [6, 6.07) is 12.7. The van der Waals surface area contributed by atoms with Crippen LogP contribution in [0.4, 0.5) is 0 Å². The van der Waals surface area contributed by atoms with Gasteiger partial charge in [0.1, 0.15) is 30.1 Å². The van der Waals surface area contributed by atoms with Crippen molar-refractivity contribution in [3.05, 3.63) is 60.1 Å². The zero-order valence-corrected chi connectivity index (χ0v) is 15.6. The second kappa shape index (κ2) is 7.35. The van der Waals surface area contributed by atoms with Gasteiger partial charge in [-0.1, -0.05) is 30.3 Å². The van der Waals surface area contributed by atoms with E-state index >= 15 is 0 Å². The number of fused-ring (bicyclic) bond motifs is 1. The molecule has 3 heterocycles. The Kier molecular flexibility index (Phi) is 5.07. The summed E-state index contributed by atoms with van der Waals surface area (Å²) in [5, 5.41) is 12.2. The van der Waals surface area contributed by atoms with Crippen LogP contribution in [0.3, 0.4) is 0 Å². The molecular formula is C20H25NO6. The number of rotatable bonds is 6. The first-order chi connectivity index (χ1) is 13.0. The molecule has 146 valence electrons. The van der Waals surface area contributed by atoms with Gasteiger partial charge in [0.2, 0.25) is 0 Å². The number of nitrogens with zero attached hydrogens (tertiary/aromatic N) is 1. The van der Waals surface area contributed by atoms with Gasteiger partial charge in [-0.25, -0.2) is 0 Å². The maximum Gasteiger partial charge on any atom is 0.186 e. The fraction of sp³-hybridized carbons (Fsp3) is 0.500. The molecule has 2 saturated heterocycles. The minimum absolute atomic E-state index is 0.311. The van der Waals surface area contributed by atoms with E-state index in [2.05, 4.69) is 0 Å². The Morgan fingerprint density at radius 1 is 1.11 bits per heavy atom. The molecule has 4 rings (SSSR count). The molecule has 7 heteroatoms. The Bertz CT molecular complexity index is 734. The molecular weight excluding hydrogens is 350 g/mol. The van der Waals surface area contributed by atoms with E-state index in [9.17, 15) is 5.21 Å². The molecule has 2 aliphatic heterocycles. The van der Waals surface area contributed by atoms with E-state index in [-0.39, 0.29) is 6.10 Å². The quantitative estimate of drug-likeness (QED) is 0.778. The lowest BCUT2D eigenvalue weighted by atomic mass is 10.0. The lowest BCUT2D eigenvalue weighted by molar-refractivity contribution is -0.252. The topological polar surface area (TPSA) is 73.5 Å². The Morgan fingerprint density at radius 3 is 2.52 bits per heavy atom. The molecule has 0 unspecified atom stereocenters. The third-order valence-electron chi connectivity index (χ3n) is 4.93. The van der Waals surface area contributed by atoms with Crippen LogP contribution in [0.15, 0.2) is 53.1 Å². The van der Waals surface area contributed by atoms with Crippen molar-refractivity contribution in [1.82, 2.24) is 5.06 Å². The van der Waals surface area contributed by atoms with E-state index in [0.717, 1.165) is 5.56 Å². The molecule has 7 nitrogen and oxygen atoms in total. The summed E-state index contributed by atoms with van der Waals surface area (Å²) in [6.07, 6.45) is -0.302. The molecule has 5 atom stereocenters. The number of methoxy groups -OCH3 is 1. The number of benzene rings is 1. The maximum atomic E-state index is 11.0. The summed E-state index contributed by atoms with van der Waals surface area (Å²) >= 11 is 0. The van der Waals surface area contributed by atoms with Crippen LogP contribution in [-0.4, -0.2) is 47.8 Å². The number of furan rings is 1. The normalized spacial score (nSPS) is 30.6. The summed E-state index contributed by atoms with van der Waals surface area (Å²) in [4.78, 5) is 0. The Hall–Kier alpha value is -1.74. The van der Waals surface area contributed by atoms with Crippen molar-refractivity contribution in [1.29, 1.82) is 0 Å². The van der Waals surface area contributed by atoms with Gasteiger partial charge in [0.05, 0.1) is 6.26 Å². The average molecular weight is 375 g/mol. The standard InChI is InChI=1S/C20H25NO6/c1-20(2)26-17-16(25-19(23-3)18(17)27-20)15(14-10-7-11-24-14)21(22)12-13-8-5-4-6-9-13/h4-11,15-19,22H,12H2,1-3H3/t15-,16-,17+,18+,19+/m1/s1. The van der Waals surface area contributed by atoms with Gasteiger partial charge in [0.15, 0.2) is 12.1 Å². The molecule has 0 radical (unpaired) electrons. The smallest absolute Gasteiger partial charge is 0.186 e. The summed E-state index contributed by atoms with van der Waals surface area (Å²) < 4.78 is 29.2. The van der Waals surface area contributed by atoms with Crippen molar-refractivity contribution >= 4 is 0 Å². The van der Waals surface area contributed by atoms with Gasteiger partial charge >= 0.3 is 0 Å². The number of ether oxygens (including phenoxy) is 4. The van der Waals surface area contributed by atoms with E-state index < -0.39 is 30.3 Å². The third kappa shape index (κ3) is 3.67. The van der Waals surface area contributed by atoms with Gasteiger partial charge in [-0.3, -0.25) is 0 Å². The first-order valence-electron chi connectivity index (χ1n) is 9.05. The van der Waals surface area contributed by atoms with Crippen molar-refractivity contribution in [3.8, 4) is 0 Å².